The van der Waals surface area contributed by atoms with Crippen LogP contribution in [0.15, 0.2) is 4.99 Å². The molecule has 50 valence electrons. The maximum absolute atomic E-state index is 4.43. The van der Waals surface area contributed by atoms with Crippen LogP contribution >= 0.6 is 0 Å². The molecule has 2 saturated carbocycles. The first-order chi connectivity index (χ1) is 4.42. The molecule has 2 atom stereocenters. The molecule has 0 N–H and O–H groups in total. The number of hydrogen-bond donors (Lipinski definition) is 0. The second kappa shape index (κ2) is 1.83. The van der Waals surface area contributed by atoms with Crippen LogP contribution in [0.5, 0.6) is 0 Å². The molecule has 0 saturated heterocycles. The lowest BCUT2D eigenvalue weighted by Crippen LogP contribution is -2.45. The molecular formula is C8H13N. The second-order valence-corrected chi connectivity index (χ2v) is 3.11. The van der Waals surface area contributed by atoms with Gasteiger partial charge in [-0.15, -0.1) is 0 Å². The van der Waals surface area contributed by atoms with Crippen molar-refractivity contribution in [1.82, 2.24) is 0 Å². The Morgan fingerprint density at radius 3 is 2.78 bits per heavy atom. The summed E-state index contributed by atoms with van der Waals surface area (Å²) in [6.07, 6.45) is 4.25. The summed E-state index contributed by atoms with van der Waals surface area (Å²) >= 11 is 0. The molecule has 9 heavy (non-hydrogen) atoms. The summed E-state index contributed by atoms with van der Waals surface area (Å²) in [6, 6.07) is 0. The Bertz CT molecular complexity index is 149. The molecule has 0 aromatic carbocycles. The monoisotopic (exact) mass is 123 g/mol. The van der Waals surface area contributed by atoms with Gasteiger partial charge in [-0.3, -0.25) is 4.99 Å². The zero-order valence-corrected chi connectivity index (χ0v) is 5.93. The van der Waals surface area contributed by atoms with E-state index in [4.69, 9.17) is 0 Å². The van der Waals surface area contributed by atoms with E-state index in [0.717, 1.165) is 18.4 Å². The van der Waals surface area contributed by atoms with Gasteiger partial charge in [0, 0.05) is 18.2 Å². The predicted octanol–water partition coefficient (Wildman–Crippen LogP) is 1.88. The summed E-state index contributed by atoms with van der Waals surface area (Å²) in [7, 11) is 0. The third-order valence-electron chi connectivity index (χ3n) is 2.68. The van der Waals surface area contributed by atoms with Gasteiger partial charge >= 0.3 is 0 Å². The largest absolute Gasteiger partial charge is 0.294 e. The van der Waals surface area contributed by atoms with Crippen molar-refractivity contribution < 1.29 is 0 Å². The van der Waals surface area contributed by atoms with E-state index in [1.54, 1.807) is 0 Å². The lowest BCUT2D eigenvalue weighted by molar-refractivity contribution is 0.197. The molecule has 1 heteroatoms. The molecule has 0 amide bonds. The minimum absolute atomic E-state index is 0.949. The van der Waals surface area contributed by atoms with E-state index in [-0.39, 0.29) is 0 Å². The number of rotatable bonds is 1. The maximum Gasteiger partial charge on any atom is 0.0360 e. The first kappa shape index (κ1) is 5.45. The zero-order chi connectivity index (χ0) is 6.27. The van der Waals surface area contributed by atoms with E-state index in [2.05, 4.69) is 11.9 Å². The smallest absolute Gasteiger partial charge is 0.0360 e. The van der Waals surface area contributed by atoms with E-state index in [1.807, 2.05) is 0 Å². The van der Waals surface area contributed by atoms with E-state index < -0.39 is 0 Å². The molecule has 1 nitrogen and oxygen atoms in total. The molecule has 2 rings (SSSR count). The Morgan fingerprint density at radius 2 is 2.44 bits per heavy atom. The van der Waals surface area contributed by atoms with Crippen LogP contribution in [0.4, 0.5) is 0 Å². The van der Waals surface area contributed by atoms with Gasteiger partial charge in [-0.1, -0.05) is 0 Å². The number of aliphatic imine (C=N–C) groups is 1. The van der Waals surface area contributed by atoms with Gasteiger partial charge in [-0.05, 0) is 32.1 Å². The lowest BCUT2D eigenvalue weighted by atomic mass is 9.58. The Kier molecular flexibility index (Phi) is 1.11. The highest BCUT2D eigenvalue weighted by Crippen LogP contribution is 2.47. The SMILES string of the molecule is CCN=C1CC2CCC12. The number of fused-ring (bicyclic) bond motifs is 1. The third-order valence-corrected chi connectivity index (χ3v) is 2.68. The lowest BCUT2D eigenvalue weighted by Gasteiger charge is -2.47. The minimum Gasteiger partial charge on any atom is -0.294 e. The van der Waals surface area contributed by atoms with Gasteiger partial charge in [0.2, 0.25) is 0 Å². The molecule has 2 aliphatic rings. The Balaban J connectivity index is 1.96. The summed E-state index contributed by atoms with van der Waals surface area (Å²) in [4.78, 5) is 4.43. The molecule has 0 aromatic rings. The molecule has 0 bridgehead atoms. The van der Waals surface area contributed by atoms with Crippen molar-refractivity contribution >= 4 is 5.71 Å². The van der Waals surface area contributed by atoms with Crippen LogP contribution in [0.25, 0.3) is 0 Å². The van der Waals surface area contributed by atoms with E-state index >= 15 is 0 Å². The molecule has 0 spiro atoms. The molecular weight excluding hydrogens is 110 g/mol. The average molecular weight is 123 g/mol. The van der Waals surface area contributed by atoms with Gasteiger partial charge in [-0.2, -0.15) is 0 Å². The predicted molar refractivity (Wildman–Crippen MR) is 38.8 cm³/mol. The van der Waals surface area contributed by atoms with Crippen molar-refractivity contribution in [3.63, 3.8) is 0 Å². The van der Waals surface area contributed by atoms with E-state index in [1.165, 1.54) is 25.0 Å². The average Bonchev–Trinajstić information content (AvgIpc) is 1.82. The van der Waals surface area contributed by atoms with Gasteiger partial charge < -0.3 is 0 Å². The van der Waals surface area contributed by atoms with Gasteiger partial charge in [0.25, 0.3) is 0 Å². The molecule has 0 radical (unpaired) electrons. The summed E-state index contributed by atoms with van der Waals surface area (Å²) < 4.78 is 0. The van der Waals surface area contributed by atoms with Crippen molar-refractivity contribution in [2.75, 3.05) is 6.54 Å². The highest BCUT2D eigenvalue weighted by molar-refractivity contribution is 5.93. The fourth-order valence-electron chi connectivity index (χ4n) is 1.90. The van der Waals surface area contributed by atoms with Crippen LogP contribution in [0.1, 0.15) is 26.2 Å². The number of hydrogen-bond acceptors (Lipinski definition) is 1. The summed E-state index contributed by atoms with van der Waals surface area (Å²) in [5.74, 6) is 2.01. The van der Waals surface area contributed by atoms with Crippen molar-refractivity contribution in [3.8, 4) is 0 Å². The van der Waals surface area contributed by atoms with Gasteiger partial charge in [0.15, 0.2) is 0 Å². The summed E-state index contributed by atoms with van der Waals surface area (Å²) in [5.41, 5.74) is 1.52. The first-order valence-corrected chi connectivity index (χ1v) is 3.95. The topological polar surface area (TPSA) is 12.4 Å². The first-order valence-electron chi connectivity index (χ1n) is 3.95. The van der Waals surface area contributed by atoms with Crippen LogP contribution in [0, 0.1) is 11.8 Å². The van der Waals surface area contributed by atoms with Crippen LogP contribution < -0.4 is 0 Å². The van der Waals surface area contributed by atoms with E-state index in [0.29, 0.717) is 0 Å². The van der Waals surface area contributed by atoms with Gasteiger partial charge in [0.05, 0.1) is 0 Å². The molecule has 2 aliphatic carbocycles. The van der Waals surface area contributed by atoms with Crippen LogP contribution in [0.2, 0.25) is 0 Å². The normalized spacial score (nSPS) is 43.4. The van der Waals surface area contributed by atoms with Crippen molar-refractivity contribution in [3.05, 3.63) is 0 Å². The standard InChI is InChI=1S/C8H13N/c1-2-9-8-5-6-3-4-7(6)8/h6-7H,2-5H2,1H3. The van der Waals surface area contributed by atoms with Crippen LogP contribution in [0.3, 0.4) is 0 Å². The van der Waals surface area contributed by atoms with Crippen molar-refractivity contribution in [2.24, 2.45) is 16.8 Å². The maximum atomic E-state index is 4.43. The molecule has 2 fully saturated rings. The fraction of sp³-hybridized carbons (Fsp3) is 0.875. The summed E-state index contributed by atoms with van der Waals surface area (Å²) in [5, 5.41) is 0. The van der Waals surface area contributed by atoms with Crippen LogP contribution in [-0.4, -0.2) is 12.3 Å². The highest BCUT2D eigenvalue weighted by atomic mass is 14.8. The number of nitrogens with zero attached hydrogens (tertiary/aromatic N) is 1. The fourth-order valence-corrected chi connectivity index (χ4v) is 1.90. The van der Waals surface area contributed by atoms with Crippen molar-refractivity contribution in [1.29, 1.82) is 0 Å². The molecule has 2 unspecified atom stereocenters. The Morgan fingerprint density at radius 1 is 1.56 bits per heavy atom. The quantitative estimate of drug-likeness (QED) is 0.505. The zero-order valence-electron chi connectivity index (χ0n) is 5.93. The molecule has 0 aliphatic heterocycles. The Labute approximate surface area is 56.2 Å². The second-order valence-electron chi connectivity index (χ2n) is 3.11. The minimum atomic E-state index is 0.949. The molecule has 0 aromatic heterocycles. The van der Waals surface area contributed by atoms with E-state index in [9.17, 15) is 0 Å². The van der Waals surface area contributed by atoms with Crippen LogP contribution in [-0.2, 0) is 0 Å². The van der Waals surface area contributed by atoms with Gasteiger partial charge in [0.1, 0.15) is 0 Å². The summed E-state index contributed by atoms with van der Waals surface area (Å²) in [6.45, 7) is 3.12. The Hall–Kier alpha value is -0.330. The third kappa shape index (κ3) is 0.637. The molecule has 0 heterocycles. The van der Waals surface area contributed by atoms with Gasteiger partial charge in [-0.25, -0.2) is 0 Å². The van der Waals surface area contributed by atoms with Crippen molar-refractivity contribution in [2.45, 2.75) is 26.2 Å². The highest BCUT2D eigenvalue weighted by Gasteiger charge is 2.43.